The number of allylic oxidation sites excluding steroid dienone is 2. The maximum atomic E-state index is 9.33. The first-order valence-electron chi connectivity index (χ1n) is 7.50. The first-order valence-corrected chi connectivity index (χ1v) is 7.50. The van der Waals surface area contributed by atoms with Gasteiger partial charge in [0.25, 0.3) is 0 Å². The van der Waals surface area contributed by atoms with Crippen molar-refractivity contribution < 1.29 is 0 Å². The Balaban J connectivity index is 1.99. The van der Waals surface area contributed by atoms with Gasteiger partial charge in [0.15, 0.2) is 0 Å². The summed E-state index contributed by atoms with van der Waals surface area (Å²) >= 11 is 0. The number of nitrogens with zero attached hydrogens (tertiary/aromatic N) is 1. The number of benzene rings is 1. The van der Waals surface area contributed by atoms with Gasteiger partial charge in [-0.15, -0.1) is 0 Å². The molecular formula is C18H23N. The molecule has 2 rings (SSSR count). The van der Waals surface area contributed by atoms with Crippen molar-refractivity contribution in [1.29, 1.82) is 5.26 Å². The minimum Gasteiger partial charge on any atom is -0.192 e. The zero-order chi connectivity index (χ0) is 13.5. The molecule has 0 heterocycles. The molecule has 0 spiro atoms. The van der Waals surface area contributed by atoms with E-state index in [1.807, 2.05) is 30.3 Å². The van der Waals surface area contributed by atoms with Crippen LogP contribution in [-0.2, 0) is 0 Å². The van der Waals surface area contributed by atoms with E-state index in [2.05, 4.69) is 19.1 Å². The molecule has 0 atom stereocenters. The van der Waals surface area contributed by atoms with Crippen molar-refractivity contribution in [1.82, 2.24) is 0 Å². The molecule has 0 radical (unpaired) electrons. The van der Waals surface area contributed by atoms with Crippen molar-refractivity contribution in [2.45, 2.75) is 45.4 Å². The Kier molecular flexibility index (Phi) is 5.21. The van der Waals surface area contributed by atoms with Gasteiger partial charge in [0.2, 0.25) is 0 Å². The van der Waals surface area contributed by atoms with Gasteiger partial charge >= 0.3 is 0 Å². The molecule has 1 aliphatic rings. The van der Waals surface area contributed by atoms with Crippen molar-refractivity contribution in [3.63, 3.8) is 0 Å². The second-order valence-electron chi connectivity index (χ2n) is 5.63. The Hall–Kier alpha value is -1.55. The third-order valence-electron chi connectivity index (χ3n) is 4.20. The summed E-state index contributed by atoms with van der Waals surface area (Å²) in [6, 6.07) is 12.4. The normalized spacial score (nSPS) is 23.9. The predicted molar refractivity (Wildman–Crippen MR) is 80.4 cm³/mol. The highest BCUT2D eigenvalue weighted by Crippen LogP contribution is 2.33. The Morgan fingerprint density at radius 1 is 1.21 bits per heavy atom. The maximum Gasteiger partial charge on any atom is 0.0994 e. The van der Waals surface area contributed by atoms with E-state index in [0.29, 0.717) is 5.92 Å². The Labute approximate surface area is 117 Å². The minimum atomic E-state index is 0.600. The van der Waals surface area contributed by atoms with Crippen LogP contribution in [0.3, 0.4) is 0 Å². The van der Waals surface area contributed by atoms with Gasteiger partial charge in [-0.3, -0.25) is 0 Å². The lowest BCUT2D eigenvalue weighted by Gasteiger charge is -2.26. The van der Waals surface area contributed by atoms with Crippen molar-refractivity contribution in [2.75, 3.05) is 0 Å². The van der Waals surface area contributed by atoms with Crippen LogP contribution in [0.15, 0.2) is 36.4 Å². The van der Waals surface area contributed by atoms with Gasteiger partial charge in [0, 0.05) is 0 Å². The summed E-state index contributed by atoms with van der Waals surface area (Å²) in [5, 5.41) is 9.33. The molecule has 1 saturated carbocycles. The summed E-state index contributed by atoms with van der Waals surface area (Å²) in [5.74, 6) is 1.53. The molecule has 0 aromatic heterocycles. The van der Waals surface area contributed by atoms with E-state index >= 15 is 0 Å². The fourth-order valence-corrected chi connectivity index (χ4v) is 3.10. The molecule has 1 aromatic rings. The van der Waals surface area contributed by atoms with Crippen LogP contribution in [-0.4, -0.2) is 0 Å². The zero-order valence-electron chi connectivity index (χ0n) is 11.8. The molecule has 0 aliphatic heterocycles. The van der Waals surface area contributed by atoms with Crippen LogP contribution < -0.4 is 0 Å². The quantitative estimate of drug-likeness (QED) is 0.676. The number of hydrogen-bond donors (Lipinski definition) is 0. The monoisotopic (exact) mass is 253 g/mol. The molecule has 1 aromatic carbocycles. The highest BCUT2D eigenvalue weighted by atomic mass is 14.3. The van der Waals surface area contributed by atoms with Crippen molar-refractivity contribution in [2.24, 2.45) is 11.8 Å². The summed E-state index contributed by atoms with van der Waals surface area (Å²) in [7, 11) is 0. The van der Waals surface area contributed by atoms with Gasteiger partial charge in [-0.2, -0.15) is 5.26 Å². The first kappa shape index (κ1) is 13.9. The smallest absolute Gasteiger partial charge is 0.0994 e. The van der Waals surface area contributed by atoms with Crippen molar-refractivity contribution in [3.8, 4) is 6.07 Å². The summed E-state index contributed by atoms with van der Waals surface area (Å²) in [4.78, 5) is 0. The topological polar surface area (TPSA) is 23.8 Å². The molecule has 1 heteroatoms. The fraction of sp³-hybridized carbons (Fsp3) is 0.500. The molecule has 0 bridgehead atoms. The maximum absolute atomic E-state index is 9.33. The van der Waals surface area contributed by atoms with Gasteiger partial charge < -0.3 is 0 Å². The molecule has 1 fully saturated rings. The molecule has 100 valence electrons. The van der Waals surface area contributed by atoms with E-state index in [9.17, 15) is 5.26 Å². The predicted octanol–water partition coefficient (Wildman–Crippen LogP) is 5.20. The first-order chi connectivity index (χ1) is 9.33. The van der Waals surface area contributed by atoms with E-state index in [4.69, 9.17) is 0 Å². The number of hydrogen-bond acceptors (Lipinski definition) is 1. The van der Waals surface area contributed by atoms with Crippen LogP contribution in [0.1, 0.15) is 51.0 Å². The lowest BCUT2D eigenvalue weighted by atomic mass is 9.79. The average Bonchev–Trinajstić information content (AvgIpc) is 2.48. The van der Waals surface area contributed by atoms with Crippen LogP contribution in [0.5, 0.6) is 0 Å². The molecule has 19 heavy (non-hydrogen) atoms. The molecule has 1 nitrogen and oxygen atoms in total. The van der Waals surface area contributed by atoms with E-state index < -0.39 is 0 Å². The van der Waals surface area contributed by atoms with Gasteiger partial charge in [0.1, 0.15) is 0 Å². The van der Waals surface area contributed by atoms with Crippen LogP contribution in [0.2, 0.25) is 0 Å². The second kappa shape index (κ2) is 7.14. The lowest BCUT2D eigenvalue weighted by molar-refractivity contribution is 0.294. The number of rotatable bonds is 4. The van der Waals surface area contributed by atoms with Crippen LogP contribution in [0.25, 0.3) is 5.57 Å². The third-order valence-corrected chi connectivity index (χ3v) is 4.20. The highest BCUT2D eigenvalue weighted by molar-refractivity contribution is 5.76. The summed E-state index contributed by atoms with van der Waals surface area (Å²) in [6.07, 6.45) is 10.1. The van der Waals surface area contributed by atoms with Crippen LogP contribution in [0, 0.1) is 23.2 Å². The standard InChI is InChI=1S/C18H23N/c1-2-6-15-9-11-16(12-10-15)13-18(14-19)17-7-4-3-5-8-17/h3-5,7-8,13,15-16H,2,6,9-12H2,1H3/b18-13-. The highest BCUT2D eigenvalue weighted by Gasteiger charge is 2.19. The summed E-state index contributed by atoms with van der Waals surface area (Å²) < 4.78 is 0. The van der Waals surface area contributed by atoms with E-state index in [0.717, 1.165) is 17.1 Å². The average molecular weight is 253 g/mol. The SMILES string of the molecule is CCCC1CCC(/C=C(/C#N)c2ccccc2)CC1. The molecule has 0 unspecified atom stereocenters. The third kappa shape index (κ3) is 3.96. The van der Waals surface area contributed by atoms with E-state index in [1.54, 1.807) is 0 Å². The van der Waals surface area contributed by atoms with Crippen molar-refractivity contribution in [3.05, 3.63) is 42.0 Å². The summed E-state index contributed by atoms with van der Waals surface area (Å²) in [5.41, 5.74) is 1.90. The largest absolute Gasteiger partial charge is 0.192 e. The molecule has 0 amide bonds. The lowest BCUT2D eigenvalue weighted by Crippen LogP contribution is -2.13. The fourth-order valence-electron chi connectivity index (χ4n) is 3.10. The zero-order valence-corrected chi connectivity index (χ0v) is 11.8. The summed E-state index contributed by atoms with van der Waals surface area (Å²) in [6.45, 7) is 2.27. The van der Waals surface area contributed by atoms with E-state index in [1.165, 1.54) is 38.5 Å². The second-order valence-corrected chi connectivity index (χ2v) is 5.63. The van der Waals surface area contributed by atoms with Crippen LogP contribution >= 0.6 is 0 Å². The molecule has 0 saturated heterocycles. The molecule has 1 aliphatic carbocycles. The van der Waals surface area contributed by atoms with Crippen LogP contribution in [0.4, 0.5) is 0 Å². The molecule has 0 N–H and O–H groups in total. The van der Waals surface area contributed by atoms with Crippen molar-refractivity contribution >= 4 is 5.57 Å². The number of nitriles is 1. The Morgan fingerprint density at radius 3 is 2.47 bits per heavy atom. The van der Waals surface area contributed by atoms with Gasteiger partial charge in [-0.1, -0.05) is 56.2 Å². The minimum absolute atomic E-state index is 0.600. The Morgan fingerprint density at radius 2 is 1.89 bits per heavy atom. The Bertz CT molecular complexity index is 444. The molecular weight excluding hydrogens is 230 g/mol. The van der Waals surface area contributed by atoms with E-state index in [-0.39, 0.29) is 0 Å². The van der Waals surface area contributed by atoms with Gasteiger partial charge in [-0.05, 0) is 43.1 Å². The van der Waals surface area contributed by atoms with Gasteiger partial charge in [0.05, 0.1) is 11.6 Å². The van der Waals surface area contributed by atoms with Gasteiger partial charge in [-0.25, -0.2) is 0 Å².